The van der Waals surface area contributed by atoms with Gasteiger partial charge in [-0.3, -0.25) is 28.9 Å². The Morgan fingerprint density at radius 1 is 0.875 bits per heavy atom. The minimum Gasteiger partial charge on any atom is -0.481 e. The van der Waals surface area contributed by atoms with Crippen LogP contribution in [0.1, 0.15) is 86.1 Å². The summed E-state index contributed by atoms with van der Waals surface area (Å²) in [5.41, 5.74) is 7.12. The Labute approximate surface area is 335 Å². The van der Waals surface area contributed by atoms with Crippen LogP contribution in [0, 0.1) is 35.5 Å². The van der Waals surface area contributed by atoms with Crippen molar-refractivity contribution in [3.63, 3.8) is 0 Å². The standard InChI is InChI=1S/C43H72N4O9/c1-14-27(6)40(46(10)42(51)33(25(2)3)22-36(49)39(26(4)5)45(8)9)37(55-12)23-38(50)47-24-32(54-11)21-34(47)41(56-13)28(7)35(48)20-30(43(52)53)19-29-15-17-31(44)18-16-29/h15-18,25-28,30,32-34,37,39-41H,14,19-24,44H2,1-13H3,(H,52,53)/t27-,28-,30+,32+,33-,34-,37+,39-,40-,41+/m0/s1. The molecule has 1 aliphatic rings. The second-order valence-corrected chi connectivity index (χ2v) is 16.8. The van der Waals surface area contributed by atoms with Gasteiger partial charge in [0.2, 0.25) is 11.8 Å². The summed E-state index contributed by atoms with van der Waals surface area (Å²) in [6, 6.07) is 5.61. The highest BCUT2D eigenvalue weighted by molar-refractivity contribution is 5.90. The number of nitrogen functional groups attached to an aromatic ring is 1. The topological polar surface area (TPSA) is 169 Å². The Morgan fingerprint density at radius 3 is 1.95 bits per heavy atom. The fraction of sp³-hybridized carbons (Fsp3) is 0.744. The third-order valence-corrected chi connectivity index (χ3v) is 12.0. The predicted molar refractivity (Wildman–Crippen MR) is 218 cm³/mol. The lowest BCUT2D eigenvalue weighted by atomic mass is 9.83. The van der Waals surface area contributed by atoms with E-state index < -0.39 is 48.0 Å². The summed E-state index contributed by atoms with van der Waals surface area (Å²) in [6.45, 7) is 14.0. The van der Waals surface area contributed by atoms with Crippen molar-refractivity contribution in [2.75, 3.05) is 54.8 Å². The summed E-state index contributed by atoms with van der Waals surface area (Å²) in [6.07, 6.45) is -0.529. The molecule has 3 N–H and O–H groups in total. The molecular formula is C43H72N4O9. The molecule has 0 aromatic heterocycles. The molecule has 0 saturated carbocycles. The van der Waals surface area contributed by atoms with Gasteiger partial charge in [-0.15, -0.1) is 0 Å². The molecule has 13 heteroatoms. The molecule has 2 amide bonds. The maximum Gasteiger partial charge on any atom is 0.307 e. The molecule has 13 nitrogen and oxygen atoms in total. The molecule has 0 aliphatic carbocycles. The number of rotatable bonds is 24. The number of hydrogen-bond donors (Lipinski definition) is 2. The number of ketones is 2. The average Bonchev–Trinajstić information content (AvgIpc) is 3.57. The fourth-order valence-electron chi connectivity index (χ4n) is 8.57. The van der Waals surface area contributed by atoms with Gasteiger partial charge in [-0.1, -0.05) is 67.0 Å². The second kappa shape index (κ2) is 22.5. The van der Waals surface area contributed by atoms with Gasteiger partial charge in [-0.25, -0.2) is 0 Å². The van der Waals surface area contributed by atoms with Crippen LogP contribution in [0.15, 0.2) is 24.3 Å². The van der Waals surface area contributed by atoms with Crippen molar-refractivity contribution in [2.45, 2.75) is 123 Å². The van der Waals surface area contributed by atoms with Crippen LogP contribution in [-0.4, -0.2) is 135 Å². The zero-order valence-electron chi connectivity index (χ0n) is 36.3. The molecule has 318 valence electrons. The normalized spacial score (nSPS) is 20.3. The van der Waals surface area contributed by atoms with E-state index in [4.69, 9.17) is 19.9 Å². The van der Waals surface area contributed by atoms with E-state index in [1.807, 2.05) is 60.5 Å². The smallest absolute Gasteiger partial charge is 0.307 e. The van der Waals surface area contributed by atoms with Crippen LogP contribution < -0.4 is 5.73 Å². The minimum atomic E-state index is -1.07. The number of carbonyl (C=O) groups excluding carboxylic acids is 4. The summed E-state index contributed by atoms with van der Waals surface area (Å²) in [5, 5.41) is 10.0. The van der Waals surface area contributed by atoms with Crippen molar-refractivity contribution in [1.29, 1.82) is 0 Å². The van der Waals surface area contributed by atoms with E-state index in [0.29, 0.717) is 12.1 Å². The molecule has 1 aromatic carbocycles. The highest BCUT2D eigenvalue weighted by atomic mass is 16.5. The first-order chi connectivity index (χ1) is 26.2. The van der Waals surface area contributed by atoms with Gasteiger partial charge in [0.15, 0.2) is 5.78 Å². The van der Waals surface area contributed by atoms with Crippen molar-refractivity contribution in [3.8, 4) is 0 Å². The summed E-state index contributed by atoms with van der Waals surface area (Å²) < 4.78 is 17.7. The van der Waals surface area contributed by atoms with Crippen molar-refractivity contribution in [3.05, 3.63) is 29.8 Å². The Kier molecular flexibility index (Phi) is 19.6. The van der Waals surface area contributed by atoms with Gasteiger partial charge in [0.25, 0.3) is 0 Å². The number of nitrogens with zero attached hydrogens (tertiary/aromatic N) is 3. The zero-order valence-corrected chi connectivity index (χ0v) is 36.3. The van der Waals surface area contributed by atoms with Crippen LogP contribution in [0.4, 0.5) is 5.69 Å². The van der Waals surface area contributed by atoms with Crippen LogP contribution in [0.2, 0.25) is 0 Å². The number of likely N-dealkylation sites (tertiary alicyclic amines) is 1. The first-order valence-electron chi connectivity index (χ1n) is 20.2. The minimum absolute atomic E-state index is 0.0254. The third-order valence-electron chi connectivity index (χ3n) is 12.0. The monoisotopic (exact) mass is 789 g/mol. The van der Waals surface area contributed by atoms with Crippen LogP contribution >= 0.6 is 0 Å². The number of carboxylic acids is 1. The molecule has 10 atom stereocenters. The summed E-state index contributed by atoms with van der Waals surface area (Å²) in [5.74, 6) is -3.99. The number of Topliss-reactive ketones (excluding diaryl/α,β-unsaturated/α-hetero) is 2. The number of carboxylic acid groups (broad SMARTS) is 1. The number of methoxy groups -OCH3 is 3. The summed E-state index contributed by atoms with van der Waals surface area (Å²) >= 11 is 0. The van der Waals surface area contributed by atoms with E-state index in [0.717, 1.165) is 12.0 Å². The van der Waals surface area contributed by atoms with E-state index in [1.54, 1.807) is 62.3 Å². The average molecular weight is 789 g/mol. The third kappa shape index (κ3) is 12.8. The highest BCUT2D eigenvalue weighted by Crippen LogP contribution is 2.32. The van der Waals surface area contributed by atoms with Crippen LogP contribution in [0.3, 0.4) is 0 Å². The van der Waals surface area contributed by atoms with Crippen molar-refractivity contribution in [1.82, 2.24) is 14.7 Å². The number of aliphatic carboxylic acids is 1. The van der Waals surface area contributed by atoms with Crippen molar-refractivity contribution >= 4 is 35.0 Å². The second-order valence-electron chi connectivity index (χ2n) is 16.8. The quantitative estimate of drug-likeness (QED) is 0.138. The lowest BCUT2D eigenvalue weighted by Gasteiger charge is -2.41. The van der Waals surface area contributed by atoms with E-state index in [2.05, 4.69) is 0 Å². The number of likely N-dealkylation sites (N-methyl/N-ethyl adjacent to an activating group) is 2. The van der Waals surface area contributed by atoms with Crippen LogP contribution in [0.5, 0.6) is 0 Å². The molecule has 1 aliphatic heterocycles. The van der Waals surface area contributed by atoms with Gasteiger partial charge in [-0.2, -0.15) is 0 Å². The molecule has 56 heavy (non-hydrogen) atoms. The summed E-state index contributed by atoms with van der Waals surface area (Å²) in [7, 11) is 10.1. The van der Waals surface area contributed by atoms with Crippen LogP contribution in [0.25, 0.3) is 0 Å². The van der Waals surface area contributed by atoms with Gasteiger partial charge >= 0.3 is 5.97 Å². The van der Waals surface area contributed by atoms with E-state index in [1.165, 1.54) is 7.11 Å². The molecule has 1 saturated heterocycles. The molecule has 1 aromatic rings. The molecule has 0 bridgehead atoms. The van der Waals surface area contributed by atoms with Gasteiger partial charge in [-0.05, 0) is 62.4 Å². The molecule has 0 radical (unpaired) electrons. The number of nitrogens with two attached hydrogens (primary N) is 1. The first-order valence-corrected chi connectivity index (χ1v) is 20.2. The van der Waals surface area contributed by atoms with Gasteiger partial charge < -0.3 is 34.9 Å². The SMILES string of the molecule is CC[C@H](C)[C@@H]([C@@H](CC(=O)N1C[C@H](OC)C[C@H]1[C@H](OC)[C@@H](C)C(=O)C[C@@H](Cc1ccc(N)cc1)C(=O)O)OC)N(C)C(=O)[C@@H](CC(=O)[C@H](C(C)C)N(C)C)C(C)C. The van der Waals surface area contributed by atoms with Crippen molar-refractivity contribution in [2.24, 2.45) is 35.5 Å². The number of amides is 2. The maximum atomic E-state index is 14.4. The van der Waals surface area contributed by atoms with Crippen LogP contribution in [-0.2, 0) is 44.6 Å². The number of anilines is 1. The highest BCUT2D eigenvalue weighted by Gasteiger charge is 2.46. The van der Waals surface area contributed by atoms with Gasteiger partial charge in [0.05, 0.1) is 48.8 Å². The molecule has 0 unspecified atom stereocenters. The predicted octanol–water partition coefficient (Wildman–Crippen LogP) is 4.83. The Balaban J connectivity index is 2.35. The number of benzene rings is 1. The lowest BCUT2D eigenvalue weighted by molar-refractivity contribution is -0.149. The Hall–Kier alpha value is -3.39. The van der Waals surface area contributed by atoms with E-state index >= 15 is 0 Å². The van der Waals surface area contributed by atoms with Gasteiger partial charge in [0, 0.05) is 65.3 Å². The summed E-state index contributed by atoms with van der Waals surface area (Å²) in [4.78, 5) is 73.6. The molecular weight excluding hydrogens is 716 g/mol. The first kappa shape index (κ1) is 48.8. The largest absolute Gasteiger partial charge is 0.481 e. The van der Waals surface area contributed by atoms with E-state index in [-0.39, 0.29) is 85.5 Å². The molecule has 1 heterocycles. The Bertz CT molecular complexity index is 1430. The fourth-order valence-corrected chi connectivity index (χ4v) is 8.57. The molecule has 2 rings (SSSR count). The number of hydrogen-bond acceptors (Lipinski definition) is 10. The molecule has 0 spiro atoms. The zero-order chi connectivity index (χ0) is 42.6. The van der Waals surface area contributed by atoms with Gasteiger partial charge in [0.1, 0.15) is 5.78 Å². The van der Waals surface area contributed by atoms with Crippen molar-refractivity contribution < 1.29 is 43.3 Å². The Morgan fingerprint density at radius 2 is 1.48 bits per heavy atom. The number of carbonyl (C=O) groups is 5. The maximum absolute atomic E-state index is 14.4. The number of ether oxygens (including phenoxy) is 3. The van der Waals surface area contributed by atoms with E-state index in [9.17, 15) is 29.1 Å². The lowest BCUT2D eigenvalue weighted by Crippen LogP contribution is -2.54. The molecule has 1 fully saturated rings.